The van der Waals surface area contributed by atoms with Gasteiger partial charge in [0.1, 0.15) is 0 Å². The zero-order valence-electron chi connectivity index (χ0n) is 17.4. The Hall–Kier alpha value is -2.25. The molecule has 5 nitrogen and oxygen atoms in total. The SMILES string of the molecule is CC1=C(Cl)C(=O)C(C(C)C)=C(Cl)C1=NC(=NS(=O)(=O)c1ccc(Cl)cc1)c1ccccc1. The van der Waals surface area contributed by atoms with E-state index in [0.29, 0.717) is 21.7 Å². The van der Waals surface area contributed by atoms with Crippen LogP contribution in [0.1, 0.15) is 26.3 Å². The van der Waals surface area contributed by atoms with Crippen molar-refractivity contribution >= 4 is 62.2 Å². The van der Waals surface area contributed by atoms with E-state index < -0.39 is 10.0 Å². The van der Waals surface area contributed by atoms with Crippen LogP contribution in [0.15, 0.2) is 90.1 Å². The van der Waals surface area contributed by atoms with Crippen molar-refractivity contribution in [3.05, 3.63) is 86.4 Å². The minimum atomic E-state index is -4.12. The quantitative estimate of drug-likeness (QED) is 0.281. The van der Waals surface area contributed by atoms with Crippen molar-refractivity contribution in [2.45, 2.75) is 25.7 Å². The molecule has 166 valence electrons. The molecule has 9 heteroatoms. The van der Waals surface area contributed by atoms with E-state index >= 15 is 0 Å². The minimum Gasteiger partial charge on any atom is -0.288 e. The summed E-state index contributed by atoms with van der Waals surface area (Å²) in [6, 6.07) is 14.3. The Morgan fingerprint density at radius 1 is 0.906 bits per heavy atom. The van der Waals surface area contributed by atoms with E-state index in [-0.39, 0.29) is 38.2 Å². The van der Waals surface area contributed by atoms with Crippen LogP contribution in [-0.4, -0.2) is 25.7 Å². The maximum atomic E-state index is 13.0. The lowest BCUT2D eigenvalue weighted by atomic mass is 9.89. The first-order chi connectivity index (χ1) is 15.0. The third-order valence-electron chi connectivity index (χ3n) is 4.72. The number of nitrogens with zero attached hydrogens (tertiary/aromatic N) is 2. The lowest BCUT2D eigenvalue weighted by molar-refractivity contribution is -0.112. The lowest BCUT2D eigenvalue weighted by Crippen LogP contribution is -2.23. The predicted octanol–water partition coefficient (Wildman–Crippen LogP) is 6.16. The number of hydrogen-bond donors (Lipinski definition) is 0. The number of amidine groups is 1. The molecule has 2 aromatic carbocycles. The molecule has 0 bridgehead atoms. The van der Waals surface area contributed by atoms with Gasteiger partial charge in [-0.1, -0.05) is 79.0 Å². The van der Waals surface area contributed by atoms with Crippen LogP contribution in [0, 0.1) is 5.92 Å². The van der Waals surface area contributed by atoms with Gasteiger partial charge < -0.3 is 0 Å². The number of rotatable bonds is 4. The number of carbonyl (C=O) groups excluding carboxylic acids is 1. The number of carbonyl (C=O) groups is 1. The van der Waals surface area contributed by atoms with Gasteiger partial charge in [-0.3, -0.25) is 4.79 Å². The molecule has 1 aliphatic rings. The Morgan fingerprint density at radius 3 is 2.06 bits per heavy atom. The fourth-order valence-corrected chi connectivity index (χ4v) is 4.80. The van der Waals surface area contributed by atoms with E-state index in [1.807, 2.05) is 13.8 Å². The molecule has 0 heterocycles. The fraction of sp³-hybridized carbons (Fsp3) is 0.174. The van der Waals surface area contributed by atoms with Crippen LogP contribution in [0.2, 0.25) is 5.02 Å². The molecule has 1 aliphatic carbocycles. The van der Waals surface area contributed by atoms with Gasteiger partial charge in [0.2, 0.25) is 5.78 Å². The molecule has 0 atom stereocenters. The van der Waals surface area contributed by atoms with Gasteiger partial charge in [0.15, 0.2) is 5.84 Å². The largest absolute Gasteiger partial charge is 0.288 e. The van der Waals surface area contributed by atoms with Gasteiger partial charge in [0.25, 0.3) is 10.0 Å². The number of hydrogen-bond acceptors (Lipinski definition) is 3. The second kappa shape index (κ2) is 9.71. The number of ketones is 1. The molecule has 3 rings (SSSR count). The smallest absolute Gasteiger partial charge is 0.284 e. The Kier molecular flexibility index (Phi) is 7.40. The van der Waals surface area contributed by atoms with Crippen molar-refractivity contribution in [3.8, 4) is 0 Å². The van der Waals surface area contributed by atoms with E-state index in [9.17, 15) is 13.2 Å². The van der Waals surface area contributed by atoms with Gasteiger partial charge in [0, 0.05) is 16.2 Å². The molecular formula is C23H19Cl3N2O3S. The third kappa shape index (κ3) is 5.04. The van der Waals surface area contributed by atoms with Gasteiger partial charge >= 0.3 is 0 Å². The summed E-state index contributed by atoms with van der Waals surface area (Å²) in [6.07, 6.45) is 0. The molecule has 0 unspecified atom stereocenters. The van der Waals surface area contributed by atoms with Crippen LogP contribution in [0.3, 0.4) is 0 Å². The van der Waals surface area contributed by atoms with Gasteiger partial charge in [-0.25, -0.2) is 4.99 Å². The molecule has 0 amide bonds. The van der Waals surface area contributed by atoms with Gasteiger partial charge in [0.05, 0.1) is 20.7 Å². The number of aliphatic imine (C=N–C) groups is 1. The Balaban J connectivity index is 2.26. The van der Waals surface area contributed by atoms with Crippen LogP contribution < -0.4 is 0 Å². The summed E-state index contributed by atoms with van der Waals surface area (Å²) < 4.78 is 29.9. The molecule has 2 aromatic rings. The maximum absolute atomic E-state index is 13.0. The van der Waals surface area contributed by atoms with Crippen molar-refractivity contribution in [2.75, 3.05) is 0 Å². The van der Waals surface area contributed by atoms with Crippen molar-refractivity contribution < 1.29 is 13.2 Å². The van der Waals surface area contributed by atoms with Gasteiger partial charge in [-0.05, 0) is 42.7 Å². The standard InChI is InChI=1S/C23H19Cl3N2O3S/c1-13(2)18-20(26)21(14(3)19(25)22(18)29)27-23(15-7-5-4-6-8-15)28-32(30,31)17-11-9-16(24)10-12-17/h4-13H,1-3H3. The molecule has 32 heavy (non-hydrogen) atoms. The summed E-state index contributed by atoms with van der Waals surface area (Å²) in [5, 5.41) is 0.515. The number of allylic oxidation sites excluding steroid dienone is 4. The number of Topliss-reactive ketones (excluding diaryl/α,β-unsaturated/α-hetero) is 1. The third-order valence-corrected chi connectivity index (χ3v) is 7.09. The number of benzene rings is 2. The highest BCUT2D eigenvalue weighted by Crippen LogP contribution is 2.34. The second-order valence-electron chi connectivity index (χ2n) is 7.32. The zero-order valence-corrected chi connectivity index (χ0v) is 20.5. The van der Waals surface area contributed by atoms with Crippen molar-refractivity contribution in [3.63, 3.8) is 0 Å². The average molecular weight is 510 g/mol. The Morgan fingerprint density at radius 2 is 1.50 bits per heavy atom. The Labute approximate surface area is 202 Å². The first-order valence-electron chi connectivity index (χ1n) is 9.59. The average Bonchev–Trinajstić information content (AvgIpc) is 2.75. The minimum absolute atomic E-state index is 0.00943. The molecule has 0 radical (unpaired) electrons. The molecule has 0 saturated heterocycles. The normalized spacial score (nSPS) is 17.0. The molecule has 0 aromatic heterocycles. The van der Waals surface area contributed by atoms with Crippen molar-refractivity contribution in [1.82, 2.24) is 0 Å². The van der Waals surface area contributed by atoms with E-state index in [4.69, 9.17) is 34.8 Å². The highest BCUT2D eigenvalue weighted by Gasteiger charge is 2.31. The topological polar surface area (TPSA) is 75.9 Å². The highest BCUT2D eigenvalue weighted by molar-refractivity contribution is 7.90. The summed E-state index contributed by atoms with van der Waals surface area (Å²) in [5.41, 5.74) is 1.32. The van der Waals surface area contributed by atoms with Crippen molar-refractivity contribution in [2.24, 2.45) is 15.3 Å². The summed E-state index contributed by atoms with van der Waals surface area (Å²) in [7, 11) is -4.12. The molecule has 0 N–H and O–H groups in total. The molecule has 0 spiro atoms. The van der Waals surface area contributed by atoms with E-state index in [1.54, 1.807) is 37.3 Å². The van der Waals surface area contributed by atoms with Crippen LogP contribution in [0.25, 0.3) is 0 Å². The highest BCUT2D eigenvalue weighted by atomic mass is 35.5. The number of sulfonamides is 1. The zero-order chi connectivity index (χ0) is 23.6. The second-order valence-corrected chi connectivity index (χ2v) is 10.1. The summed E-state index contributed by atoms with van der Waals surface area (Å²) in [6.45, 7) is 5.24. The van der Waals surface area contributed by atoms with Crippen LogP contribution in [0.5, 0.6) is 0 Å². The van der Waals surface area contributed by atoms with Gasteiger partial charge in [-0.2, -0.15) is 8.42 Å². The molecule has 0 aliphatic heterocycles. The first-order valence-corrected chi connectivity index (χ1v) is 12.2. The Bertz CT molecular complexity index is 1290. The summed E-state index contributed by atoms with van der Waals surface area (Å²) in [4.78, 5) is 17.1. The number of halogens is 3. The summed E-state index contributed by atoms with van der Waals surface area (Å²) in [5.74, 6) is -0.665. The molecule has 0 saturated carbocycles. The van der Waals surface area contributed by atoms with E-state index in [0.717, 1.165) is 0 Å². The van der Waals surface area contributed by atoms with E-state index in [1.165, 1.54) is 24.3 Å². The van der Waals surface area contributed by atoms with Crippen LogP contribution in [0.4, 0.5) is 0 Å². The van der Waals surface area contributed by atoms with Gasteiger partial charge in [-0.15, -0.1) is 4.40 Å². The first kappa shape index (κ1) is 24.4. The lowest BCUT2D eigenvalue weighted by Gasteiger charge is -2.21. The van der Waals surface area contributed by atoms with Crippen LogP contribution >= 0.6 is 34.8 Å². The fourth-order valence-electron chi connectivity index (χ4n) is 3.04. The predicted molar refractivity (Wildman–Crippen MR) is 130 cm³/mol. The molecule has 0 fully saturated rings. The maximum Gasteiger partial charge on any atom is 0.284 e. The van der Waals surface area contributed by atoms with Crippen LogP contribution in [-0.2, 0) is 14.8 Å². The van der Waals surface area contributed by atoms with Crippen molar-refractivity contribution in [1.29, 1.82) is 0 Å². The molecular weight excluding hydrogens is 491 g/mol. The monoisotopic (exact) mass is 508 g/mol. The van der Waals surface area contributed by atoms with E-state index in [2.05, 4.69) is 9.39 Å². The summed E-state index contributed by atoms with van der Waals surface area (Å²) >= 11 is 18.7.